The van der Waals surface area contributed by atoms with Crippen LogP contribution < -0.4 is 0 Å². The van der Waals surface area contributed by atoms with Crippen molar-refractivity contribution in [3.63, 3.8) is 0 Å². The smallest absolute Gasteiger partial charge is 0.147 e. The topological polar surface area (TPSA) is 54.4 Å². The lowest BCUT2D eigenvalue weighted by atomic mass is 10.0. The van der Waals surface area contributed by atoms with Crippen molar-refractivity contribution in [2.75, 3.05) is 12.0 Å². The average molecular weight is 222 g/mol. The Morgan fingerprint density at radius 1 is 1.21 bits per heavy atom. The van der Waals surface area contributed by atoms with Crippen LogP contribution in [0.5, 0.6) is 0 Å². The van der Waals surface area contributed by atoms with Gasteiger partial charge in [0.2, 0.25) is 0 Å². The number of aliphatic hydroxyl groups excluding tert-OH is 1. The van der Waals surface area contributed by atoms with Crippen LogP contribution in [0.1, 0.15) is 39.5 Å². The molecule has 0 saturated heterocycles. The molecule has 0 amide bonds. The standard InChI is InChI=1S/C10H22O3S/c1-9(2)8-10(11)6-4-5-7-14(3,12)13/h9-11H,4-8H2,1-3H3. The molecule has 0 aliphatic carbocycles. The van der Waals surface area contributed by atoms with Crippen molar-refractivity contribution in [2.24, 2.45) is 5.92 Å². The summed E-state index contributed by atoms with van der Waals surface area (Å²) in [6, 6.07) is 0. The van der Waals surface area contributed by atoms with E-state index in [0.29, 0.717) is 18.8 Å². The first-order chi connectivity index (χ1) is 6.31. The SMILES string of the molecule is CC(C)CC(O)CCCCS(C)(=O)=O. The van der Waals surface area contributed by atoms with Crippen molar-refractivity contribution in [1.82, 2.24) is 0 Å². The van der Waals surface area contributed by atoms with Crippen LogP contribution in [-0.4, -0.2) is 31.6 Å². The molecular formula is C10H22O3S. The Morgan fingerprint density at radius 2 is 1.79 bits per heavy atom. The first-order valence-electron chi connectivity index (χ1n) is 5.17. The van der Waals surface area contributed by atoms with Crippen molar-refractivity contribution in [2.45, 2.75) is 45.6 Å². The molecule has 1 unspecified atom stereocenters. The van der Waals surface area contributed by atoms with Crippen LogP contribution in [-0.2, 0) is 9.84 Å². The van der Waals surface area contributed by atoms with Gasteiger partial charge in [-0.1, -0.05) is 13.8 Å². The molecule has 0 heterocycles. The summed E-state index contributed by atoms with van der Waals surface area (Å²) in [5.41, 5.74) is 0. The predicted octanol–water partition coefficient (Wildman–Crippen LogP) is 1.61. The van der Waals surface area contributed by atoms with Crippen LogP contribution in [0.4, 0.5) is 0 Å². The minimum absolute atomic E-state index is 0.237. The Labute approximate surface area is 87.4 Å². The quantitative estimate of drug-likeness (QED) is 0.666. The van der Waals surface area contributed by atoms with Crippen molar-refractivity contribution >= 4 is 9.84 Å². The van der Waals surface area contributed by atoms with Crippen LogP contribution in [0.3, 0.4) is 0 Å². The summed E-state index contributed by atoms with van der Waals surface area (Å²) < 4.78 is 21.6. The number of unbranched alkanes of at least 4 members (excludes halogenated alkanes) is 1. The minimum Gasteiger partial charge on any atom is -0.393 e. The Morgan fingerprint density at radius 3 is 2.21 bits per heavy atom. The largest absolute Gasteiger partial charge is 0.393 e. The molecule has 0 aromatic heterocycles. The Kier molecular flexibility index (Phi) is 6.36. The molecule has 0 aliphatic rings. The van der Waals surface area contributed by atoms with Crippen LogP contribution >= 0.6 is 0 Å². The van der Waals surface area contributed by atoms with Gasteiger partial charge >= 0.3 is 0 Å². The van der Waals surface area contributed by atoms with E-state index in [4.69, 9.17) is 0 Å². The zero-order valence-corrected chi connectivity index (χ0v) is 10.2. The molecule has 86 valence electrons. The maximum Gasteiger partial charge on any atom is 0.147 e. The number of aliphatic hydroxyl groups is 1. The van der Waals surface area contributed by atoms with E-state index >= 15 is 0 Å². The summed E-state index contributed by atoms with van der Waals surface area (Å²) in [6.07, 6.45) is 3.95. The number of rotatable bonds is 7. The second-order valence-corrected chi connectivity index (χ2v) is 6.67. The zero-order chi connectivity index (χ0) is 11.2. The van der Waals surface area contributed by atoms with Gasteiger partial charge in [-0.05, 0) is 31.6 Å². The van der Waals surface area contributed by atoms with Gasteiger partial charge in [0.15, 0.2) is 0 Å². The highest BCUT2D eigenvalue weighted by Gasteiger charge is 2.07. The van der Waals surface area contributed by atoms with Crippen molar-refractivity contribution in [3.05, 3.63) is 0 Å². The van der Waals surface area contributed by atoms with Crippen molar-refractivity contribution in [1.29, 1.82) is 0 Å². The monoisotopic (exact) mass is 222 g/mol. The van der Waals surface area contributed by atoms with Crippen molar-refractivity contribution in [3.8, 4) is 0 Å². The maximum absolute atomic E-state index is 10.8. The summed E-state index contributed by atoms with van der Waals surface area (Å²) in [5, 5.41) is 9.50. The van der Waals surface area contributed by atoms with Gasteiger partial charge in [-0.25, -0.2) is 8.42 Å². The lowest BCUT2D eigenvalue weighted by molar-refractivity contribution is 0.137. The third-order valence-electron chi connectivity index (χ3n) is 2.05. The van der Waals surface area contributed by atoms with E-state index in [1.54, 1.807) is 0 Å². The summed E-state index contributed by atoms with van der Waals surface area (Å²) in [6.45, 7) is 4.14. The molecule has 0 aromatic carbocycles. The number of sulfone groups is 1. The molecule has 0 aromatic rings. The summed E-state index contributed by atoms with van der Waals surface area (Å²) in [5.74, 6) is 0.737. The molecule has 1 N–H and O–H groups in total. The van der Waals surface area contributed by atoms with E-state index < -0.39 is 9.84 Å². The van der Waals surface area contributed by atoms with E-state index in [1.807, 2.05) is 0 Å². The summed E-state index contributed by atoms with van der Waals surface area (Å²) in [7, 11) is -2.83. The molecule has 0 radical (unpaired) electrons. The Bertz CT molecular complexity index is 232. The lowest BCUT2D eigenvalue weighted by Gasteiger charge is -2.12. The second kappa shape index (κ2) is 6.40. The molecule has 0 spiro atoms. The van der Waals surface area contributed by atoms with Gasteiger partial charge in [0.05, 0.1) is 6.10 Å². The molecular weight excluding hydrogens is 200 g/mol. The second-order valence-electron chi connectivity index (χ2n) is 4.41. The molecule has 3 nitrogen and oxygen atoms in total. The highest BCUT2D eigenvalue weighted by atomic mass is 32.2. The van der Waals surface area contributed by atoms with Crippen LogP contribution in [0.2, 0.25) is 0 Å². The normalized spacial score (nSPS) is 14.6. The van der Waals surface area contributed by atoms with E-state index in [9.17, 15) is 13.5 Å². The van der Waals surface area contributed by atoms with Crippen molar-refractivity contribution < 1.29 is 13.5 Å². The van der Waals surface area contributed by atoms with Gasteiger partial charge in [0.1, 0.15) is 9.84 Å². The van der Waals surface area contributed by atoms with Gasteiger partial charge in [-0.2, -0.15) is 0 Å². The summed E-state index contributed by atoms with van der Waals surface area (Å²) in [4.78, 5) is 0. The first kappa shape index (κ1) is 13.9. The zero-order valence-electron chi connectivity index (χ0n) is 9.36. The van der Waals surface area contributed by atoms with E-state index in [2.05, 4.69) is 13.8 Å². The van der Waals surface area contributed by atoms with E-state index in [0.717, 1.165) is 12.8 Å². The highest BCUT2D eigenvalue weighted by Crippen LogP contribution is 2.11. The van der Waals surface area contributed by atoms with Gasteiger partial charge in [-0.3, -0.25) is 0 Å². The third-order valence-corrected chi connectivity index (χ3v) is 3.08. The fourth-order valence-electron chi connectivity index (χ4n) is 1.41. The van der Waals surface area contributed by atoms with Gasteiger partial charge in [0.25, 0.3) is 0 Å². The van der Waals surface area contributed by atoms with Crippen LogP contribution in [0.25, 0.3) is 0 Å². The molecule has 1 atom stereocenters. The third kappa shape index (κ3) is 9.99. The van der Waals surface area contributed by atoms with Gasteiger partial charge < -0.3 is 5.11 Å². The van der Waals surface area contributed by atoms with Gasteiger partial charge in [-0.15, -0.1) is 0 Å². The highest BCUT2D eigenvalue weighted by molar-refractivity contribution is 7.90. The molecule has 4 heteroatoms. The number of hydrogen-bond donors (Lipinski definition) is 1. The first-order valence-corrected chi connectivity index (χ1v) is 7.23. The van der Waals surface area contributed by atoms with Crippen LogP contribution in [0.15, 0.2) is 0 Å². The van der Waals surface area contributed by atoms with E-state index in [-0.39, 0.29) is 11.9 Å². The molecule has 0 saturated carbocycles. The fraction of sp³-hybridized carbons (Fsp3) is 1.00. The summed E-state index contributed by atoms with van der Waals surface area (Å²) >= 11 is 0. The number of hydrogen-bond acceptors (Lipinski definition) is 3. The Hall–Kier alpha value is -0.0900. The maximum atomic E-state index is 10.8. The molecule has 0 aliphatic heterocycles. The lowest BCUT2D eigenvalue weighted by Crippen LogP contribution is -2.11. The molecule has 0 bridgehead atoms. The van der Waals surface area contributed by atoms with Crippen LogP contribution in [0, 0.1) is 5.92 Å². The predicted molar refractivity (Wildman–Crippen MR) is 59.0 cm³/mol. The minimum atomic E-state index is -2.83. The van der Waals surface area contributed by atoms with Gasteiger partial charge in [0, 0.05) is 12.0 Å². The molecule has 14 heavy (non-hydrogen) atoms. The Balaban J connectivity index is 3.45. The average Bonchev–Trinajstić information content (AvgIpc) is 1.95. The van der Waals surface area contributed by atoms with E-state index in [1.165, 1.54) is 6.26 Å². The molecule has 0 rings (SSSR count). The molecule has 0 fully saturated rings. The fourth-order valence-corrected chi connectivity index (χ4v) is 2.13.